The van der Waals surface area contributed by atoms with Gasteiger partial charge in [-0.3, -0.25) is 4.79 Å². The maximum atomic E-state index is 12.1. The summed E-state index contributed by atoms with van der Waals surface area (Å²) in [7, 11) is 1.72. The molecular formula is C12H10BrClN4O. The molecule has 0 bridgehead atoms. The van der Waals surface area contributed by atoms with Gasteiger partial charge >= 0.3 is 0 Å². The van der Waals surface area contributed by atoms with Crippen LogP contribution >= 0.6 is 27.5 Å². The van der Waals surface area contributed by atoms with Gasteiger partial charge in [0.15, 0.2) is 0 Å². The van der Waals surface area contributed by atoms with Crippen molar-refractivity contribution in [2.75, 3.05) is 17.7 Å². The van der Waals surface area contributed by atoms with E-state index < -0.39 is 0 Å². The Balaban J connectivity index is 2.22. The molecule has 0 aliphatic rings. The molecule has 2 rings (SSSR count). The molecule has 1 amide bonds. The second kappa shape index (κ2) is 5.99. The molecule has 0 radical (unpaired) electrons. The fourth-order valence-electron chi connectivity index (χ4n) is 1.38. The predicted molar refractivity (Wildman–Crippen MR) is 78.7 cm³/mol. The van der Waals surface area contributed by atoms with Crippen LogP contribution in [0.2, 0.25) is 5.02 Å². The van der Waals surface area contributed by atoms with Crippen LogP contribution in [0.15, 0.2) is 35.1 Å². The third kappa shape index (κ3) is 3.42. The maximum absolute atomic E-state index is 12.1. The lowest BCUT2D eigenvalue weighted by atomic mass is 10.2. The molecule has 2 aromatic rings. The molecule has 0 aromatic carbocycles. The average Bonchev–Trinajstić information content (AvgIpc) is 2.42. The smallest absolute Gasteiger partial charge is 0.258 e. The predicted octanol–water partition coefficient (Wildman–Crippen LogP) is 3.19. The van der Waals surface area contributed by atoms with E-state index in [1.165, 1.54) is 6.20 Å². The van der Waals surface area contributed by atoms with Crippen LogP contribution in [0, 0.1) is 0 Å². The molecule has 0 saturated heterocycles. The van der Waals surface area contributed by atoms with Gasteiger partial charge in [0, 0.05) is 23.9 Å². The molecule has 2 N–H and O–H groups in total. The number of nitrogens with one attached hydrogen (secondary N) is 2. The number of pyridine rings is 2. The molecule has 2 aromatic heterocycles. The zero-order chi connectivity index (χ0) is 13.8. The number of hydrogen-bond acceptors (Lipinski definition) is 4. The Kier molecular flexibility index (Phi) is 4.34. The number of hydrogen-bond donors (Lipinski definition) is 2. The van der Waals surface area contributed by atoms with Gasteiger partial charge in [0.1, 0.15) is 11.6 Å². The summed E-state index contributed by atoms with van der Waals surface area (Å²) in [4.78, 5) is 20.2. The van der Waals surface area contributed by atoms with E-state index in [2.05, 4.69) is 36.5 Å². The lowest BCUT2D eigenvalue weighted by molar-refractivity contribution is 0.102. The lowest BCUT2D eigenvalue weighted by Gasteiger charge is -2.07. The molecule has 98 valence electrons. The SMILES string of the molecule is CNc1cc(C(=O)Nc2ccc(Br)cn2)c(Cl)cn1. The second-order valence-corrected chi connectivity index (χ2v) is 4.94. The molecule has 5 nitrogen and oxygen atoms in total. The van der Waals surface area contributed by atoms with Crippen LogP contribution < -0.4 is 10.6 Å². The Hall–Kier alpha value is -1.66. The minimum absolute atomic E-state index is 0.286. The van der Waals surface area contributed by atoms with Crippen LogP contribution in [-0.2, 0) is 0 Å². The summed E-state index contributed by atoms with van der Waals surface area (Å²) in [5.41, 5.74) is 0.339. The highest BCUT2D eigenvalue weighted by molar-refractivity contribution is 9.10. The van der Waals surface area contributed by atoms with Gasteiger partial charge in [-0.2, -0.15) is 0 Å². The van der Waals surface area contributed by atoms with Crippen molar-refractivity contribution in [1.82, 2.24) is 9.97 Å². The van der Waals surface area contributed by atoms with Crippen LogP contribution in [0.4, 0.5) is 11.6 Å². The summed E-state index contributed by atoms with van der Waals surface area (Å²) in [6.45, 7) is 0. The van der Waals surface area contributed by atoms with Gasteiger partial charge in [-0.15, -0.1) is 0 Å². The molecule has 0 aliphatic heterocycles. The largest absolute Gasteiger partial charge is 0.373 e. The monoisotopic (exact) mass is 340 g/mol. The summed E-state index contributed by atoms with van der Waals surface area (Å²) in [6.07, 6.45) is 3.03. The van der Waals surface area contributed by atoms with E-state index in [1.54, 1.807) is 31.4 Å². The van der Waals surface area contributed by atoms with Crippen LogP contribution in [0.5, 0.6) is 0 Å². The van der Waals surface area contributed by atoms with Gasteiger partial charge in [-0.1, -0.05) is 11.6 Å². The van der Waals surface area contributed by atoms with Gasteiger partial charge in [0.05, 0.1) is 10.6 Å². The fourth-order valence-corrected chi connectivity index (χ4v) is 1.81. The Bertz CT molecular complexity index is 603. The Morgan fingerprint density at radius 2 is 2.00 bits per heavy atom. The number of amides is 1. The van der Waals surface area contributed by atoms with E-state index in [1.807, 2.05) is 0 Å². The topological polar surface area (TPSA) is 66.9 Å². The number of anilines is 2. The van der Waals surface area contributed by atoms with Crippen LogP contribution in [-0.4, -0.2) is 22.9 Å². The zero-order valence-corrected chi connectivity index (χ0v) is 12.3. The molecular weight excluding hydrogens is 332 g/mol. The molecule has 0 aliphatic carbocycles. The third-order valence-corrected chi connectivity index (χ3v) is 3.10. The van der Waals surface area contributed by atoms with Crippen molar-refractivity contribution < 1.29 is 4.79 Å². The highest BCUT2D eigenvalue weighted by Crippen LogP contribution is 2.19. The summed E-state index contributed by atoms with van der Waals surface area (Å²) < 4.78 is 0.838. The normalized spacial score (nSPS) is 10.1. The molecule has 0 atom stereocenters. The van der Waals surface area contributed by atoms with Gasteiger partial charge in [-0.05, 0) is 34.1 Å². The quantitative estimate of drug-likeness (QED) is 0.900. The summed E-state index contributed by atoms with van der Waals surface area (Å²) >= 11 is 9.23. The molecule has 19 heavy (non-hydrogen) atoms. The number of aromatic nitrogens is 2. The standard InChI is InChI=1S/C12H10BrClN4O/c1-15-11-4-8(9(14)6-17-11)12(19)18-10-3-2-7(13)5-16-10/h2-6H,1H3,(H,15,17)(H,16,18,19). The van der Waals surface area contributed by atoms with E-state index >= 15 is 0 Å². The first-order valence-electron chi connectivity index (χ1n) is 5.36. The summed E-state index contributed by atoms with van der Waals surface area (Å²) in [5, 5.41) is 5.80. The molecule has 0 spiro atoms. The number of carbonyl (C=O) groups excluding carboxylic acids is 1. The van der Waals surface area contributed by atoms with Gasteiger partial charge in [0.25, 0.3) is 5.91 Å². The zero-order valence-electron chi connectivity index (χ0n) is 9.95. The van der Waals surface area contributed by atoms with Crippen LogP contribution in [0.1, 0.15) is 10.4 Å². The highest BCUT2D eigenvalue weighted by Gasteiger charge is 2.12. The van der Waals surface area contributed by atoms with Gasteiger partial charge in [0.2, 0.25) is 0 Å². The van der Waals surface area contributed by atoms with Crippen molar-refractivity contribution in [2.24, 2.45) is 0 Å². The number of nitrogens with zero attached hydrogens (tertiary/aromatic N) is 2. The molecule has 2 heterocycles. The summed E-state index contributed by atoms with van der Waals surface area (Å²) in [6, 6.07) is 5.06. The first kappa shape index (κ1) is 13.8. The lowest BCUT2D eigenvalue weighted by Crippen LogP contribution is -2.14. The Labute approximate surface area is 123 Å². The van der Waals surface area contributed by atoms with E-state index in [-0.39, 0.29) is 10.9 Å². The Morgan fingerprint density at radius 3 is 2.63 bits per heavy atom. The first-order chi connectivity index (χ1) is 9.10. The Morgan fingerprint density at radius 1 is 1.26 bits per heavy atom. The van der Waals surface area contributed by atoms with Crippen molar-refractivity contribution in [2.45, 2.75) is 0 Å². The van der Waals surface area contributed by atoms with E-state index in [4.69, 9.17) is 11.6 Å². The van der Waals surface area contributed by atoms with Crippen molar-refractivity contribution in [3.63, 3.8) is 0 Å². The van der Waals surface area contributed by atoms with Crippen molar-refractivity contribution >= 4 is 45.1 Å². The second-order valence-electron chi connectivity index (χ2n) is 3.62. The van der Waals surface area contributed by atoms with Crippen LogP contribution in [0.25, 0.3) is 0 Å². The van der Waals surface area contributed by atoms with Crippen LogP contribution in [0.3, 0.4) is 0 Å². The highest BCUT2D eigenvalue weighted by atomic mass is 79.9. The van der Waals surface area contributed by atoms with Crippen molar-refractivity contribution in [3.05, 3.63) is 45.7 Å². The first-order valence-corrected chi connectivity index (χ1v) is 6.53. The van der Waals surface area contributed by atoms with Gasteiger partial charge < -0.3 is 10.6 Å². The maximum Gasteiger partial charge on any atom is 0.258 e. The van der Waals surface area contributed by atoms with Crippen molar-refractivity contribution in [3.8, 4) is 0 Å². The van der Waals surface area contributed by atoms with E-state index in [9.17, 15) is 4.79 Å². The van der Waals surface area contributed by atoms with Crippen molar-refractivity contribution in [1.29, 1.82) is 0 Å². The summed E-state index contributed by atoms with van der Waals surface area (Å²) in [5.74, 6) is 0.684. The molecule has 0 saturated carbocycles. The number of rotatable bonds is 3. The average molecular weight is 342 g/mol. The third-order valence-electron chi connectivity index (χ3n) is 2.33. The molecule has 0 unspecified atom stereocenters. The number of halogens is 2. The fraction of sp³-hybridized carbons (Fsp3) is 0.0833. The van der Waals surface area contributed by atoms with E-state index in [0.717, 1.165) is 4.47 Å². The minimum Gasteiger partial charge on any atom is -0.373 e. The van der Waals surface area contributed by atoms with Gasteiger partial charge in [-0.25, -0.2) is 9.97 Å². The van der Waals surface area contributed by atoms with E-state index in [0.29, 0.717) is 17.2 Å². The minimum atomic E-state index is -0.335. The molecule has 0 fully saturated rings. The molecule has 7 heteroatoms. The number of carbonyl (C=O) groups is 1.